The Balaban J connectivity index is 0.00000280. The number of guanidine groups is 1. The molecule has 0 amide bonds. The summed E-state index contributed by atoms with van der Waals surface area (Å²) in [4.78, 5) is 11.8. The molecule has 6 nitrogen and oxygen atoms in total. The second-order valence-corrected chi connectivity index (χ2v) is 8.38. The summed E-state index contributed by atoms with van der Waals surface area (Å²) in [6.45, 7) is 8.81. The zero-order chi connectivity index (χ0) is 19.1. The maximum atomic E-state index is 4.42. The van der Waals surface area contributed by atoms with E-state index in [0.29, 0.717) is 6.04 Å². The molecule has 28 heavy (non-hydrogen) atoms. The Morgan fingerprint density at radius 3 is 2.79 bits per heavy atom. The molecule has 2 fully saturated rings. The molecule has 0 aliphatic carbocycles. The lowest BCUT2D eigenvalue weighted by Crippen LogP contribution is -2.46. The Morgan fingerprint density at radius 2 is 2.00 bits per heavy atom. The molecule has 1 atom stereocenters. The number of nitrogens with zero attached hydrogens (tertiary/aromatic N) is 4. The molecular weight excluding hydrogens is 531 g/mol. The van der Waals surface area contributed by atoms with E-state index in [2.05, 4.69) is 77.6 Å². The van der Waals surface area contributed by atoms with Crippen LogP contribution in [-0.4, -0.2) is 88.3 Å². The van der Waals surface area contributed by atoms with Gasteiger partial charge >= 0.3 is 0 Å². The molecule has 2 aliphatic heterocycles. The highest BCUT2D eigenvalue weighted by atomic mass is 127. The number of anilines is 1. The highest BCUT2D eigenvalue weighted by Gasteiger charge is 2.24. The third-order valence-electron chi connectivity index (χ3n) is 5.48. The van der Waals surface area contributed by atoms with Crippen LogP contribution < -0.4 is 15.5 Å². The lowest BCUT2D eigenvalue weighted by atomic mass is 10.3. The third kappa shape index (κ3) is 7.03. The van der Waals surface area contributed by atoms with E-state index in [9.17, 15) is 0 Å². The number of halogens is 2. The fraction of sp³-hybridized carbons (Fsp3) is 0.650. The molecule has 2 N–H and O–H groups in total. The summed E-state index contributed by atoms with van der Waals surface area (Å²) < 4.78 is 1.16. The van der Waals surface area contributed by atoms with Crippen molar-refractivity contribution in [3.63, 3.8) is 0 Å². The standard InChI is InChI=1S/C20H33BrN6.HI/c1-22-20(23-9-13-26-11-5-10-25(2)14-15-26)24-17-8-12-27(16-17)19-7-4-3-6-18(19)21;/h3-4,6-7,17H,5,8-16H2,1-2H3,(H2,22,23,24);1H. The first kappa shape index (κ1) is 23.7. The lowest BCUT2D eigenvalue weighted by Gasteiger charge is -2.23. The first-order valence-electron chi connectivity index (χ1n) is 10.0. The van der Waals surface area contributed by atoms with Gasteiger partial charge in [0.15, 0.2) is 5.96 Å². The number of hydrogen-bond acceptors (Lipinski definition) is 4. The fourth-order valence-corrected chi connectivity index (χ4v) is 4.38. The van der Waals surface area contributed by atoms with Crippen LogP contribution in [0.25, 0.3) is 0 Å². The molecule has 158 valence electrons. The molecule has 1 aromatic carbocycles. The molecule has 0 bridgehead atoms. The van der Waals surface area contributed by atoms with Gasteiger partial charge in [0, 0.05) is 56.8 Å². The molecule has 2 aliphatic rings. The molecule has 1 unspecified atom stereocenters. The first-order valence-corrected chi connectivity index (χ1v) is 10.8. The van der Waals surface area contributed by atoms with Crippen LogP contribution in [0.15, 0.2) is 33.7 Å². The zero-order valence-electron chi connectivity index (χ0n) is 17.0. The quantitative estimate of drug-likeness (QED) is 0.327. The second kappa shape index (κ2) is 12.2. The van der Waals surface area contributed by atoms with Crippen molar-refractivity contribution in [2.75, 3.05) is 71.4 Å². The minimum Gasteiger partial charge on any atom is -0.368 e. The highest BCUT2D eigenvalue weighted by Crippen LogP contribution is 2.28. The highest BCUT2D eigenvalue weighted by molar-refractivity contribution is 14.0. The smallest absolute Gasteiger partial charge is 0.191 e. The number of aliphatic imine (C=N–C) groups is 1. The summed E-state index contributed by atoms with van der Waals surface area (Å²) >= 11 is 3.67. The molecule has 2 saturated heterocycles. The number of nitrogens with one attached hydrogen (secondary N) is 2. The Morgan fingerprint density at radius 1 is 1.18 bits per heavy atom. The number of likely N-dealkylation sites (N-methyl/N-ethyl adjacent to an activating group) is 1. The van der Waals surface area contributed by atoms with Gasteiger partial charge < -0.3 is 25.3 Å². The summed E-state index contributed by atoms with van der Waals surface area (Å²) in [5.74, 6) is 0.918. The van der Waals surface area contributed by atoms with Crippen molar-refractivity contribution in [3.8, 4) is 0 Å². The van der Waals surface area contributed by atoms with Crippen LogP contribution in [0.1, 0.15) is 12.8 Å². The van der Waals surface area contributed by atoms with Gasteiger partial charge in [-0.2, -0.15) is 0 Å². The van der Waals surface area contributed by atoms with E-state index in [1.165, 1.54) is 31.7 Å². The maximum Gasteiger partial charge on any atom is 0.191 e. The van der Waals surface area contributed by atoms with Crippen molar-refractivity contribution in [1.29, 1.82) is 0 Å². The average molecular weight is 565 g/mol. The molecule has 0 radical (unpaired) electrons. The third-order valence-corrected chi connectivity index (χ3v) is 6.15. The SMILES string of the molecule is CN=C(NCCN1CCCN(C)CC1)NC1CCN(c2ccccc2Br)C1.I. The Labute approximate surface area is 195 Å². The van der Waals surface area contributed by atoms with Crippen LogP contribution in [0.2, 0.25) is 0 Å². The van der Waals surface area contributed by atoms with Crippen molar-refractivity contribution in [2.24, 2.45) is 4.99 Å². The van der Waals surface area contributed by atoms with Gasteiger partial charge in [0.2, 0.25) is 0 Å². The summed E-state index contributed by atoms with van der Waals surface area (Å²) in [7, 11) is 4.07. The number of rotatable bonds is 5. The van der Waals surface area contributed by atoms with Crippen LogP contribution in [0.5, 0.6) is 0 Å². The molecule has 2 heterocycles. The van der Waals surface area contributed by atoms with Crippen molar-refractivity contribution in [2.45, 2.75) is 18.9 Å². The van der Waals surface area contributed by atoms with Crippen LogP contribution in [0.4, 0.5) is 5.69 Å². The van der Waals surface area contributed by atoms with Gasteiger partial charge in [-0.25, -0.2) is 0 Å². The second-order valence-electron chi connectivity index (χ2n) is 7.52. The lowest BCUT2D eigenvalue weighted by molar-refractivity contribution is 0.280. The zero-order valence-corrected chi connectivity index (χ0v) is 20.9. The number of para-hydroxylation sites is 1. The minimum absolute atomic E-state index is 0. The van der Waals surface area contributed by atoms with E-state index in [-0.39, 0.29) is 24.0 Å². The van der Waals surface area contributed by atoms with Gasteiger partial charge in [0.1, 0.15) is 0 Å². The van der Waals surface area contributed by atoms with Gasteiger partial charge in [0.25, 0.3) is 0 Å². The van der Waals surface area contributed by atoms with E-state index in [1.807, 2.05) is 7.05 Å². The van der Waals surface area contributed by atoms with Crippen LogP contribution in [0, 0.1) is 0 Å². The maximum absolute atomic E-state index is 4.42. The summed E-state index contributed by atoms with van der Waals surface area (Å²) in [6, 6.07) is 8.88. The van der Waals surface area contributed by atoms with Crippen molar-refractivity contribution in [1.82, 2.24) is 20.4 Å². The van der Waals surface area contributed by atoms with E-state index in [4.69, 9.17) is 0 Å². The van der Waals surface area contributed by atoms with Crippen molar-refractivity contribution in [3.05, 3.63) is 28.7 Å². The van der Waals surface area contributed by atoms with Crippen molar-refractivity contribution >= 4 is 51.6 Å². The van der Waals surface area contributed by atoms with Gasteiger partial charge in [-0.05, 0) is 61.0 Å². The van der Waals surface area contributed by atoms with Crippen molar-refractivity contribution < 1.29 is 0 Å². The van der Waals surface area contributed by atoms with Crippen LogP contribution >= 0.6 is 39.9 Å². The minimum atomic E-state index is 0. The van der Waals surface area contributed by atoms with E-state index in [1.54, 1.807) is 0 Å². The number of hydrogen-bond donors (Lipinski definition) is 2. The van der Waals surface area contributed by atoms with Crippen LogP contribution in [-0.2, 0) is 0 Å². The monoisotopic (exact) mass is 564 g/mol. The summed E-state index contributed by atoms with van der Waals surface area (Å²) in [5, 5.41) is 7.09. The summed E-state index contributed by atoms with van der Waals surface area (Å²) in [5.41, 5.74) is 1.27. The van der Waals surface area contributed by atoms with Gasteiger partial charge in [0.05, 0.1) is 5.69 Å². The molecule has 0 spiro atoms. The van der Waals surface area contributed by atoms with Gasteiger partial charge in [-0.3, -0.25) is 4.99 Å². The molecule has 0 aromatic heterocycles. The van der Waals surface area contributed by atoms with E-state index in [0.717, 1.165) is 49.6 Å². The molecular formula is C20H34BrIN6. The molecule has 1 aromatic rings. The molecule has 8 heteroatoms. The molecule has 0 saturated carbocycles. The topological polar surface area (TPSA) is 46.1 Å². The molecule has 3 rings (SSSR count). The van der Waals surface area contributed by atoms with Gasteiger partial charge in [-0.15, -0.1) is 24.0 Å². The fourth-order valence-electron chi connectivity index (χ4n) is 3.85. The van der Waals surface area contributed by atoms with Crippen LogP contribution in [0.3, 0.4) is 0 Å². The Kier molecular flexibility index (Phi) is 10.3. The Bertz CT molecular complexity index is 628. The predicted molar refractivity (Wildman–Crippen MR) is 133 cm³/mol. The van der Waals surface area contributed by atoms with E-state index < -0.39 is 0 Å². The average Bonchev–Trinajstić information content (AvgIpc) is 3.03. The van der Waals surface area contributed by atoms with E-state index >= 15 is 0 Å². The summed E-state index contributed by atoms with van der Waals surface area (Å²) in [6.07, 6.45) is 2.39. The Hall–Kier alpha value is -0.580. The normalized spacial score (nSPS) is 21.9. The number of benzene rings is 1. The predicted octanol–water partition coefficient (Wildman–Crippen LogP) is 2.45. The largest absolute Gasteiger partial charge is 0.368 e. The first-order chi connectivity index (χ1) is 13.2. The van der Waals surface area contributed by atoms with Gasteiger partial charge in [-0.1, -0.05) is 12.1 Å².